The zero-order valence-corrected chi connectivity index (χ0v) is 12.0. The molecule has 0 radical (unpaired) electrons. The van der Waals surface area contributed by atoms with Crippen LogP contribution in [0.25, 0.3) is 6.08 Å². The van der Waals surface area contributed by atoms with Gasteiger partial charge >= 0.3 is 0 Å². The first-order chi connectivity index (χ1) is 7.13. The van der Waals surface area contributed by atoms with E-state index in [0.29, 0.717) is 6.04 Å². The average molecular weight is 334 g/mol. The zero-order chi connectivity index (χ0) is 11.3. The van der Waals surface area contributed by atoms with Crippen LogP contribution in [0.1, 0.15) is 19.5 Å². The monoisotopic (exact) mass is 332 g/mol. The van der Waals surface area contributed by atoms with Gasteiger partial charge in [0.2, 0.25) is 0 Å². The largest absolute Gasteiger partial charge is 0.311 e. The Morgan fingerprint density at radius 3 is 2.87 bits per heavy atom. The number of pyridine rings is 1. The molecule has 1 rings (SSSR count). The summed E-state index contributed by atoms with van der Waals surface area (Å²) in [4.78, 5) is 4.30. The maximum Gasteiger partial charge on any atom is 0.0769 e. The molecule has 1 aromatic heterocycles. The number of hydrogen-bond donors (Lipinski definition) is 1. The van der Waals surface area contributed by atoms with E-state index in [-0.39, 0.29) is 0 Å². The highest BCUT2D eigenvalue weighted by molar-refractivity contribution is 9.11. The van der Waals surface area contributed by atoms with E-state index in [0.717, 1.165) is 21.2 Å². The second-order valence-corrected chi connectivity index (χ2v) is 5.00. The first kappa shape index (κ1) is 12.9. The van der Waals surface area contributed by atoms with Crippen molar-refractivity contribution in [3.63, 3.8) is 0 Å². The van der Waals surface area contributed by atoms with Gasteiger partial charge in [-0.3, -0.25) is 4.98 Å². The summed E-state index contributed by atoms with van der Waals surface area (Å²) in [5.74, 6) is 0. The lowest BCUT2D eigenvalue weighted by molar-refractivity contribution is 0.662. The number of nitrogens with zero attached hydrogens (tertiary/aromatic N) is 1. The predicted octanol–water partition coefficient (Wildman–Crippen LogP) is 3.62. The molecular formula is C11H14Br2N2. The molecule has 0 aliphatic rings. The van der Waals surface area contributed by atoms with E-state index >= 15 is 0 Å². The molecule has 0 aliphatic heterocycles. The minimum absolute atomic E-state index is 0.368. The Kier molecular flexibility index (Phi) is 5.50. The standard InChI is InChI=1S/C11H14Br2N2/c1-3-14-8(2)4-5-11-10(13)6-9(12)7-15-11/h4-8,14H,3H2,1-2H3/b5-4+. The summed E-state index contributed by atoms with van der Waals surface area (Å²) in [5.41, 5.74) is 0.947. The molecule has 1 heterocycles. The quantitative estimate of drug-likeness (QED) is 0.910. The van der Waals surface area contributed by atoms with E-state index in [1.165, 1.54) is 0 Å². The maximum atomic E-state index is 4.30. The highest BCUT2D eigenvalue weighted by atomic mass is 79.9. The summed E-state index contributed by atoms with van der Waals surface area (Å²) >= 11 is 6.84. The van der Waals surface area contributed by atoms with Crippen molar-refractivity contribution in [1.82, 2.24) is 10.3 Å². The molecule has 2 nitrogen and oxygen atoms in total. The molecule has 0 spiro atoms. The fourth-order valence-electron chi connectivity index (χ4n) is 1.17. The lowest BCUT2D eigenvalue weighted by atomic mass is 10.2. The van der Waals surface area contributed by atoms with Crippen LogP contribution in [0.15, 0.2) is 27.3 Å². The van der Waals surface area contributed by atoms with Gasteiger partial charge in [-0.1, -0.05) is 13.0 Å². The molecule has 0 amide bonds. The summed E-state index contributed by atoms with van der Waals surface area (Å²) in [5, 5.41) is 3.31. The Labute approximate surface area is 107 Å². The molecular weight excluding hydrogens is 320 g/mol. The molecule has 0 saturated carbocycles. The lowest BCUT2D eigenvalue weighted by Crippen LogP contribution is -2.22. The third-order valence-electron chi connectivity index (χ3n) is 1.91. The van der Waals surface area contributed by atoms with Crippen molar-refractivity contribution >= 4 is 37.9 Å². The normalized spacial score (nSPS) is 13.3. The molecule has 82 valence electrons. The number of nitrogens with one attached hydrogen (secondary N) is 1. The summed E-state index contributed by atoms with van der Waals surface area (Å²) in [6.07, 6.45) is 5.91. The SMILES string of the molecule is CCNC(C)/C=C/c1ncc(Br)cc1Br. The molecule has 0 saturated heterocycles. The van der Waals surface area contributed by atoms with Crippen LogP contribution in [0, 0.1) is 0 Å². The maximum absolute atomic E-state index is 4.30. The third-order valence-corrected chi connectivity index (χ3v) is 2.97. The molecule has 1 atom stereocenters. The smallest absolute Gasteiger partial charge is 0.0769 e. The molecule has 4 heteroatoms. The lowest BCUT2D eigenvalue weighted by Gasteiger charge is -2.06. The summed E-state index contributed by atoms with van der Waals surface area (Å²) in [7, 11) is 0. The van der Waals surface area contributed by atoms with Gasteiger partial charge in [-0.05, 0) is 57.5 Å². The number of halogens is 2. The van der Waals surface area contributed by atoms with Gasteiger partial charge < -0.3 is 5.32 Å². The van der Waals surface area contributed by atoms with E-state index in [2.05, 4.69) is 62.1 Å². The van der Waals surface area contributed by atoms with Gasteiger partial charge in [-0.15, -0.1) is 0 Å². The molecule has 1 unspecified atom stereocenters. The first-order valence-electron chi connectivity index (χ1n) is 4.86. The molecule has 0 aliphatic carbocycles. The van der Waals surface area contributed by atoms with Gasteiger partial charge in [0, 0.05) is 21.2 Å². The van der Waals surface area contributed by atoms with Gasteiger partial charge in [0.05, 0.1) is 5.69 Å². The van der Waals surface area contributed by atoms with Crippen molar-refractivity contribution in [1.29, 1.82) is 0 Å². The van der Waals surface area contributed by atoms with Gasteiger partial charge in [-0.25, -0.2) is 0 Å². The van der Waals surface area contributed by atoms with Crippen LogP contribution >= 0.6 is 31.9 Å². The van der Waals surface area contributed by atoms with E-state index in [4.69, 9.17) is 0 Å². The second-order valence-electron chi connectivity index (χ2n) is 3.23. The molecule has 0 bridgehead atoms. The minimum atomic E-state index is 0.368. The van der Waals surface area contributed by atoms with Crippen LogP contribution in [0.2, 0.25) is 0 Å². The number of likely N-dealkylation sites (N-methyl/N-ethyl adjacent to an activating group) is 1. The van der Waals surface area contributed by atoms with Crippen molar-refractivity contribution < 1.29 is 0 Å². The Morgan fingerprint density at radius 2 is 2.27 bits per heavy atom. The Bertz CT molecular complexity index is 350. The van der Waals surface area contributed by atoms with E-state index in [9.17, 15) is 0 Å². The molecule has 1 aromatic rings. The highest BCUT2D eigenvalue weighted by Crippen LogP contribution is 2.20. The highest BCUT2D eigenvalue weighted by Gasteiger charge is 1.99. The van der Waals surface area contributed by atoms with Crippen LogP contribution in [-0.2, 0) is 0 Å². The molecule has 1 N–H and O–H groups in total. The molecule has 15 heavy (non-hydrogen) atoms. The van der Waals surface area contributed by atoms with E-state index in [1.807, 2.05) is 12.1 Å². The Balaban J connectivity index is 2.72. The summed E-state index contributed by atoms with van der Waals surface area (Å²) in [6, 6.07) is 2.36. The third kappa shape index (κ3) is 4.45. The van der Waals surface area contributed by atoms with Crippen LogP contribution < -0.4 is 5.32 Å². The van der Waals surface area contributed by atoms with Crippen molar-refractivity contribution in [3.8, 4) is 0 Å². The Morgan fingerprint density at radius 1 is 1.53 bits per heavy atom. The number of aromatic nitrogens is 1. The number of hydrogen-bond acceptors (Lipinski definition) is 2. The van der Waals surface area contributed by atoms with Crippen LogP contribution in [0.4, 0.5) is 0 Å². The van der Waals surface area contributed by atoms with Crippen LogP contribution in [0.3, 0.4) is 0 Å². The van der Waals surface area contributed by atoms with Crippen LogP contribution in [-0.4, -0.2) is 17.6 Å². The topological polar surface area (TPSA) is 24.9 Å². The zero-order valence-electron chi connectivity index (χ0n) is 8.80. The molecule has 0 fully saturated rings. The van der Waals surface area contributed by atoms with Gasteiger partial charge in [0.25, 0.3) is 0 Å². The van der Waals surface area contributed by atoms with Crippen molar-refractivity contribution in [3.05, 3.63) is 33.0 Å². The fraction of sp³-hybridized carbons (Fsp3) is 0.364. The second kappa shape index (κ2) is 6.40. The van der Waals surface area contributed by atoms with Gasteiger partial charge in [0.15, 0.2) is 0 Å². The van der Waals surface area contributed by atoms with Crippen molar-refractivity contribution in [2.75, 3.05) is 6.54 Å². The van der Waals surface area contributed by atoms with E-state index in [1.54, 1.807) is 6.20 Å². The summed E-state index contributed by atoms with van der Waals surface area (Å²) < 4.78 is 1.98. The Hall–Kier alpha value is -0.190. The van der Waals surface area contributed by atoms with Gasteiger partial charge in [-0.2, -0.15) is 0 Å². The minimum Gasteiger partial charge on any atom is -0.311 e. The molecule has 0 aromatic carbocycles. The first-order valence-corrected chi connectivity index (χ1v) is 6.44. The van der Waals surface area contributed by atoms with Crippen molar-refractivity contribution in [2.45, 2.75) is 19.9 Å². The number of rotatable bonds is 4. The average Bonchev–Trinajstić information content (AvgIpc) is 2.17. The summed E-state index contributed by atoms with van der Waals surface area (Å²) in [6.45, 7) is 5.19. The fourth-order valence-corrected chi connectivity index (χ4v) is 2.29. The van der Waals surface area contributed by atoms with Gasteiger partial charge in [0.1, 0.15) is 0 Å². The van der Waals surface area contributed by atoms with Crippen molar-refractivity contribution in [2.24, 2.45) is 0 Å². The predicted molar refractivity (Wildman–Crippen MR) is 71.8 cm³/mol. The van der Waals surface area contributed by atoms with Crippen LogP contribution in [0.5, 0.6) is 0 Å². The van der Waals surface area contributed by atoms with E-state index < -0.39 is 0 Å².